The van der Waals surface area contributed by atoms with Crippen LogP contribution in [0.2, 0.25) is 10.0 Å². The molecule has 1 atom stereocenters. The summed E-state index contributed by atoms with van der Waals surface area (Å²) in [6.07, 6.45) is 4.86. The van der Waals surface area contributed by atoms with Crippen LogP contribution >= 0.6 is 23.2 Å². The topological polar surface area (TPSA) is 93.5 Å². The minimum atomic E-state index is -0.353. The van der Waals surface area contributed by atoms with E-state index in [4.69, 9.17) is 27.9 Å². The highest BCUT2D eigenvalue weighted by molar-refractivity contribution is 6.35. The smallest absolute Gasteiger partial charge is 0.136 e. The van der Waals surface area contributed by atoms with Crippen LogP contribution in [0.4, 0.5) is 0 Å². The van der Waals surface area contributed by atoms with Gasteiger partial charge in [0.2, 0.25) is 0 Å². The first kappa shape index (κ1) is 21.2. The van der Waals surface area contributed by atoms with Gasteiger partial charge in [0.1, 0.15) is 23.2 Å². The summed E-state index contributed by atoms with van der Waals surface area (Å²) in [5.74, 6) is 0.681. The number of benzene rings is 1. The van der Waals surface area contributed by atoms with Crippen molar-refractivity contribution >= 4 is 34.1 Å². The lowest BCUT2D eigenvalue weighted by molar-refractivity contribution is 0.227. The number of aromatic amines is 1. The van der Waals surface area contributed by atoms with Crippen LogP contribution in [0.3, 0.4) is 0 Å². The van der Waals surface area contributed by atoms with Crippen molar-refractivity contribution in [2.24, 2.45) is 0 Å². The van der Waals surface area contributed by atoms with Crippen molar-refractivity contribution in [2.75, 3.05) is 13.1 Å². The number of piperidine rings is 1. The molecule has 0 amide bonds. The number of pyridine rings is 1. The molecule has 1 fully saturated rings. The number of hydrogen-bond donors (Lipinski definition) is 2. The van der Waals surface area contributed by atoms with E-state index >= 15 is 0 Å². The van der Waals surface area contributed by atoms with E-state index in [9.17, 15) is 0 Å². The number of rotatable bonds is 5. The zero-order valence-electron chi connectivity index (χ0n) is 17.8. The maximum absolute atomic E-state index is 6.29. The van der Waals surface area contributed by atoms with E-state index in [-0.39, 0.29) is 6.10 Å². The highest BCUT2D eigenvalue weighted by Crippen LogP contribution is 2.35. The van der Waals surface area contributed by atoms with Crippen molar-refractivity contribution in [2.45, 2.75) is 38.8 Å². The predicted molar refractivity (Wildman–Crippen MR) is 124 cm³/mol. The number of aromatic nitrogens is 6. The number of ether oxygens (including phenoxy) is 1. The Kier molecular flexibility index (Phi) is 5.75. The molecule has 10 heteroatoms. The van der Waals surface area contributed by atoms with Gasteiger partial charge >= 0.3 is 0 Å². The molecule has 0 unspecified atom stereocenters. The van der Waals surface area contributed by atoms with Gasteiger partial charge < -0.3 is 10.1 Å². The van der Waals surface area contributed by atoms with Crippen LogP contribution in [0.5, 0.6) is 5.75 Å². The molecule has 1 aliphatic rings. The van der Waals surface area contributed by atoms with Crippen molar-refractivity contribution in [1.82, 2.24) is 35.5 Å². The number of fused-ring (bicyclic) bond motifs is 1. The van der Waals surface area contributed by atoms with Crippen LogP contribution in [0.1, 0.15) is 43.2 Å². The van der Waals surface area contributed by atoms with Crippen molar-refractivity contribution in [3.05, 3.63) is 51.9 Å². The monoisotopic (exact) mass is 471 g/mol. The summed E-state index contributed by atoms with van der Waals surface area (Å²) in [6.45, 7) is 5.94. The van der Waals surface area contributed by atoms with Gasteiger partial charge in [0.25, 0.3) is 0 Å². The molecule has 1 aromatic carbocycles. The summed E-state index contributed by atoms with van der Waals surface area (Å²) >= 11 is 12.6. The van der Waals surface area contributed by atoms with Crippen LogP contribution in [0.25, 0.3) is 22.3 Å². The molecule has 0 saturated carbocycles. The standard InChI is InChI=1S/C22H23Cl2N7O/c1-12-21(29-30-31(12)14-5-7-25-8-6-14)22-16-9-15(3-4-19(16)27-28-22)32-13(2)20-17(23)10-26-11-18(20)24/h3-4,9-11,13-14,25H,5-8H2,1-2H3,(H,27,28)/t13-/m1/s1. The molecule has 0 spiro atoms. The summed E-state index contributed by atoms with van der Waals surface area (Å²) in [5.41, 5.74) is 4.16. The average Bonchev–Trinajstić information content (AvgIpc) is 3.37. The van der Waals surface area contributed by atoms with E-state index in [0.29, 0.717) is 27.4 Å². The number of halogens is 2. The Labute approximate surface area is 195 Å². The van der Waals surface area contributed by atoms with E-state index in [1.54, 1.807) is 12.4 Å². The molecule has 0 radical (unpaired) electrons. The third kappa shape index (κ3) is 3.83. The normalized spacial score (nSPS) is 15.9. The number of hydrogen-bond acceptors (Lipinski definition) is 6. The number of nitrogens with zero attached hydrogens (tertiary/aromatic N) is 5. The fourth-order valence-corrected chi connectivity index (χ4v) is 4.95. The van der Waals surface area contributed by atoms with Gasteiger partial charge in [-0.15, -0.1) is 5.10 Å². The largest absolute Gasteiger partial charge is 0.486 e. The lowest BCUT2D eigenvalue weighted by Crippen LogP contribution is -2.30. The molecule has 4 heterocycles. The zero-order valence-corrected chi connectivity index (χ0v) is 19.3. The maximum atomic E-state index is 6.29. The molecule has 0 aliphatic carbocycles. The van der Waals surface area contributed by atoms with Gasteiger partial charge in [-0.2, -0.15) is 5.10 Å². The summed E-state index contributed by atoms with van der Waals surface area (Å²) < 4.78 is 8.21. The van der Waals surface area contributed by atoms with Crippen molar-refractivity contribution in [3.63, 3.8) is 0 Å². The van der Waals surface area contributed by atoms with Gasteiger partial charge in [-0.25, -0.2) is 4.68 Å². The minimum absolute atomic E-state index is 0.353. The number of H-pyrrole nitrogens is 1. The van der Waals surface area contributed by atoms with Gasteiger partial charge in [0.05, 0.1) is 27.3 Å². The Morgan fingerprint density at radius 3 is 2.62 bits per heavy atom. The van der Waals surface area contributed by atoms with E-state index in [0.717, 1.165) is 53.9 Å². The first-order chi connectivity index (χ1) is 15.5. The number of nitrogens with one attached hydrogen (secondary N) is 2. The van der Waals surface area contributed by atoms with Crippen LogP contribution in [0, 0.1) is 6.92 Å². The summed E-state index contributed by atoms with van der Waals surface area (Å²) in [4.78, 5) is 4.01. The zero-order chi connectivity index (χ0) is 22.2. The fraction of sp³-hybridized carbons (Fsp3) is 0.364. The molecule has 4 aromatic rings. The molecule has 32 heavy (non-hydrogen) atoms. The summed E-state index contributed by atoms with van der Waals surface area (Å²) in [7, 11) is 0. The predicted octanol–water partition coefficient (Wildman–Crippen LogP) is 4.90. The van der Waals surface area contributed by atoms with Crippen LogP contribution < -0.4 is 10.1 Å². The molecule has 1 aliphatic heterocycles. The fourth-order valence-electron chi connectivity index (χ4n) is 4.28. The Bertz CT molecular complexity index is 1240. The maximum Gasteiger partial charge on any atom is 0.136 e. The summed E-state index contributed by atoms with van der Waals surface area (Å²) in [6, 6.07) is 6.15. The lowest BCUT2D eigenvalue weighted by atomic mass is 10.1. The Morgan fingerprint density at radius 1 is 1.12 bits per heavy atom. The van der Waals surface area contributed by atoms with E-state index in [1.165, 1.54) is 0 Å². The molecular weight excluding hydrogens is 449 g/mol. The average molecular weight is 472 g/mol. The van der Waals surface area contributed by atoms with E-state index in [1.807, 2.05) is 36.7 Å². The third-order valence-electron chi connectivity index (χ3n) is 5.95. The molecule has 1 saturated heterocycles. The van der Waals surface area contributed by atoms with E-state index < -0.39 is 0 Å². The molecule has 0 bridgehead atoms. The SMILES string of the molecule is Cc1c(-c2n[nH]c3ccc(O[C@H](C)c4c(Cl)cncc4Cl)cc23)nnn1C1CCNCC1. The summed E-state index contributed by atoms with van der Waals surface area (Å²) in [5, 5.41) is 21.8. The lowest BCUT2D eigenvalue weighted by Gasteiger charge is -2.23. The van der Waals surface area contributed by atoms with Gasteiger partial charge in [0, 0.05) is 23.3 Å². The van der Waals surface area contributed by atoms with Crippen LogP contribution in [0.15, 0.2) is 30.6 Å². The second kappa shape index (κ2) is 8.69. The molecule has 3 aromatic heterocycles. The highest BCUT2D eigenvalue weighted by atomic mass is 35.5. The second-order valence-electron chi connectivity index (χ2n) is 8.01. The van der Waals surface area contributed by atoms with Crippen molar-refractivity contribution in [1.29, 1.82) is 0 Å². The Balaban J connectivity index is 1.47. The first-order valence-corrected chi connectivity index (χ1v) is 11.3. The quantitative estimate of drug-likeness (QED) is 0.429. The minimum Gasteiger partial charge on any atom is -0.486 e. The second-order valence-corrected chi connectivity index (χ2v) is 8.82. The third-order valence-corrected chi connectivity index (χ3v) is 6.55. The molecule has 166 valence electrons. The van der Waals surface area contributed by atoms with Gasteiger partial charge in [-0.3, -0.25) is 10.1 Å². The molecule has 2 N–H and O–H groups in total. The van der Waals surface area contributed by atoms with Crippen LogP contribution in [-0.4, -0.2) is 43.3 Å². The highest BCUT2D eigenvalue weighted by Gasteiger charge is 2.23. The van der Waals surface area contributed by atoms with Crippen LogP contribution in [-0.2, 0) is 0 Å². The first-order valence-electron chi connectivity index (χ1n) is 10.6. The van der Waals surface area contributed by atoms with Crippen molar-refractivity contribution < 1.29 is 4.74 Å². The molecule has 5 rings (SSSR count). The van der Waals surface area contributed by atoms with Gasteiger partial charge in [-0.1, -0.05) is 28.4 Å². The Hall–Kier alpha value is -2.68. The van der Waals surface area contributed by atoms with Gasteiger partial charge in [0.15, 0.2) is 0 Å². The Morgan fingerprint density at radius 2 is 1.88 bits per heavy atom. The molecular formula is C22H23Cl2N7O. The van der Waals surface area contributed by atoms with E-state index in [2.05, 4.69) is 30.8 Å². The molecule has 8 nitrogen and oxygen atoms in total. The van der Waals surface area contributed by atoms with Gasteiger partial charge in [-0.05, 0) is 58.0 Å². The van der Waals surface area contributed by atoms with Crippen molar-refractivity contribution in [3.8, 4) is 17.1 Å².